The number of hydrogen-bond acceptors (Lipinski definition) is 6. The van der Waals surface area contributed by atoms with Crippen LogP contribution in [0.1, 0.15) is 51.5 Å². The number of nitrogens with zero attached hydrogens (tertiary/aromatic N) is 4. The van der Waals surface area contributed by atoms with Gasteiger partial charge >= 0.3 is 5.97 Å². The lowest BCUT2D eigenvalue weighted by molar-refractivity contribution is 0.0365. The average Bonchev–Trinajstić information content (AvgIpc) is 3.43. The first-order valence-electron chi connectivity index (χ1n) is 13.1. The lowest BCUT2D eigenvalue weighted by atomic mass is 9.96. The normalized spacial score (nSPS) is 20.0. The van der Waals surface area contributed by atoms with Crippen LogP contribution in [0.2, 0.25) is 0 Å². The van der Waals surface area contributed by atoms with Gasteiger partial charge < -0.3 is 24.3 Å². The van der Waals surface area contributed by atoms with Crippen molar-refractivity contribution in [2.75, 3.05) is 46.5 Å². The van der Waals surface area contributed by atoms with Crippen LogP contribution in [0.3, 0.4) is 0 Å². The molecule has 38 heavy (non-hydrogen) atoms. The van der Waals surface area contributed by atoms with Crippen LogP contribution < -0.4 is 5.32 Å². The fourth-order valence-corrected chi connectivity index (χ4v) is 5.98. The van der Waals surface area contributed by atoms with Gasteiger partial charge in [-0.1, -0.05) is 12.1 Å². The molecule has 0 saturated carbocycles. The molecule has 2 atom stereocenters. The summed E-state index contributed by atoms with van der Waals surface area (Å²) in [5, 5.41) is 4.33. The zero-order valence-corrected chi connectivity index (χ0v) is 23.0. The van der Waals surface area contributed by atoms with Gasteiger partial charge in [0.15, 0.2) is 5.11 Å². The quantitative estimate of drug-likeness (QED) is 0.345. The van der Waals surface area contributed by atoms with Crippen LogP contribution in [0.5, 0.6) is 0 Å². The van der Waals surface area contributed by atoms with E-state index in [4.69, 9.17) is 21.7 Å². The van der Waals surface area contributed by atoms with Crippen LogP contribution >= 0.6 is 12.2 Å². The van der Waals surface area contributed by atoms with Gasteiger partial charge in [0.25, 0.3) is 0 Å². The third-order valence-corrected chi connectivity index (χ3v) is 7.84. The molecule has 2 saturated heterocycles. The molecular weight excluding hydrogens is 498 g/mol. The summed E-state index contributed by atoms with van der Waals surface area (Å²) < 4.78 is 12.7. The van der Waals surface area contributed by atoms with Crippen LogP contribution in [0, 0.1) is 13.8 Å². The topological polar surface area (TPSA) is 71.9 Å². The minimum atomic E-state index is -0.346. The van der Waals surface area contributed by atoms with Crippen molar-refractivity contribution in [3.05, 3.63) is 82.9 Å². The Labute approximate surface area is 229 Å². The lowest BCUT2D eigenvalue weighted by Gasteiger charge is -2.30. The van der Waals surface area contributed by atoms with E-state index in [0.717, 1.165) is 73.7 Å². The molecule has 9 heteroatoms. The van der Waals surface area contributed by atoms with Crippen molar-refractivity contribution in [2.45, 2.75) is 32.4 Å². The molecule has 1 N–H and O–H groups in total. The number of pyridine rings is 1. The van der Waals surface area contributed by atoms with Crippen LogP contribution in [0.25, 0.3) is 5.69 Å². The van der Waals surface area contributed by atoms with Crippen LogP contribution in [-0.2, 0) is 9.47 Å². The molecular formula is C29H35N5O3S. The van der Waals surface area contributed by atoms with Gasteiger partial charge in [0.1, 0.15) is 0 Å². The minimum absolute atomic E-state index is 0.00849. The van der Waals surface area contributed by atoms with E-state index < -0.39 is 0 Å². The standard InChI is InChI=1S/C29H35N5O3S/c1-20-18-24(21(2)34(20)23-9-6-8-22(19-23)28(35)36-3)27-26(25-10-4-5-11-30-25)31-29(38)33(27)13-7-12-32-14-16-37-17-15-32/h4-6,8-11,18-19,26-27H,7,12-17H2,1-3H3,(H,31,38)/t26-,27-/m0/s1. The van der Waals surface area contributed by atoms with Gasteiger partial charge in [-0.15, -0.1) is 0 Å². The summed E-state index contributed by atoms with van der Waals surface area (Å²) in [7, 11) is 1.40. The number of esters is 1. The second-order valence-corrected chi connectivity index (χ2v) is 10.2. The van der Waals surface area contributed by atoms with E-state index >= 15 is 0 Å². The molecule has 8 nitrogen and oxygen atoms in total. The van der Waals surface area contributed by atoms with Crippen molar-refractivity contribution in [1.29, 1.82) is 0 Å². The summed E-state index contributed by atoms with van der Waals surface area (Å²) in [5.41, 5.74) is 5.81. The molecule has 2 fully saturated rings. The molecule has 2 aliphatic heterocycles. The van der Waals surface area contributed by atoms with Crippen LogP contribution in [0.15, 0.2) is 54.7 Å². The maximum Gasteiger partial charge on any atom is 0.337 e. The fourth-order valence-electron chi connectivity index (χ4n) is 5.65. The molecule has 0 aliphatic carbocycles. The number of nitrogens with one attached hydrogen (secondary N) is 1. The fraction of sp³-hybridized carbons (Fsp3) is 0.414. The number of methoxy groups -OCH3 is 1. The summed E-state index contributed by atoms with van der Waals surface area (Å²) in [6, 6.07) is 15.7. The van der Waals surface area contributed by atoms with Crippen molar-refractivity contribution in [3.63, 3.8) is 0 Å². The Kier molecular flexibility index (Phi) is 8.06. The van der Waals surface area contributed by atoms with Gasteiger partial charge in [-0.25, -0.2) is 4.79 Å². The van der Waals surface area contributed by atoms with Crippen molar-refractivity contribution in [3.8, 4) is 5.69 Å². The Morgan fingerprint density at radius 1 is 1.13 bits per heavy atom. The summed E-state index contributed by atoms with van der Waals surface area (Å²) in [6.45, 7) is 9.66. The Bertz CT molecular complexity index is 1290. The van der Waals surface area contributed by atoms with Gasteiger partial charge in [0, 0.05) is 49.5 Å². The largest absolute Gasteiger partial charge is 0.465 e. The number of hydrogen-bond donors (Lipinski definition) is 1. The monoisotopic (exact) mass is 533 g/mol. The first-order chi connectivity index (χ1) is 18.5. The van der Waals surface area contributed by atoms with Crippen LogP contribution in [0.4, 0.5) is 0 Å². The van der Waals surface area contributed by atoms with E-state index in [0.29, 0.717) is 5.56 Å². The molecule has 1 aromatic carbocycles. The SMILES string of the molecule is COC(=O)c1cccc(-n2c(C)cc([C@H]3[C@H](c4ccccn4)NC(=S)N3CCCN3CCOCC3)c2C)c1. The molecule has 0 bridgehead atoms. The summed E-state index contributed by atoms with van der Waals surface area (Å²) in [5.74, 6) is -0.346. The smallest absolute Gasteiger partial charge is 0.337 e. The van der Waals surface area contributed by atoms with E-state index in [2.05, 4.69) is 50.6 Å². The predicted octanol–water partition coefficient (Wildman–Crippen LogP) is 3.97. The zero-order valence-electron chi connectivity index (χ0n) is 22.2. The number of carbonyl (C=O) groups excluding carboxylic acids is 1. The van der Waals surface area contributed by atoms with E-state index in [-0.39, 0.29) is 18.1 Å². The molecule has 200 valence electrons. The van der Waals surface area contributed by atoms with Gasteiger partial charge in [-0.3, -0.25) is 9.88 Å². The molecule has 0 radical (unpaired) electrons. The van der Waals surface area contributed by atoms with Gasteiger partial charge in [0.2, 0.25) is 0 Å². The Hall–Kier alpha value is -3.27. The number of aryl methyl sites for hydroxylation is 1. The maximum atomic E-state index is 12.2. The van der Waals surface area contributed by atoms with Crippen LogP contribution in [-0.4, -0.2) is 76.9 Å². The molecule has 0 spiro atoms. The van der Waals surface area contributed by atoms with Crippen molar-refractivity contribution in [2.24, 2.45) is 0 Å². The number of benzene rings is 1. The summed E-state index contributed by atoms with van der Waals surface area (Å²) in [6.07, 6.45) is 2.84. The third kappa shape index (κ3) is 5.32. The summed E-state index contributed by atoms with van der Waals surface area (Å²) >= 11 is 5.90. The number of aromatic nitrogens is 2. The Balaban J connectivity index is 1.48. The van der Waals surface area contributed by atoms with E-state index in [1.165, 1.54) is 12.7 Å². The number of morpholine rings is 1. The van der Waals surface area contributed by atoms with E-state index in [1.807, 2.05) is 36.5 Å². The van der Waals surface area contributed by atoms with E-state index in [1.54, 1.807) is 6.07 Å². The molecule has 3 aromatic rings. The number of carbonyl (C=O) groups is 1. The highest BCUT2D eigenvalue weighted by atomic mass is 32.1. The number of rotatable bonds is 8. The van der Waals surface area contributed by atoms with Gasteiger partial charge in [-0.2, -0.15) is 0 Å². The van der Waals surface area contributed by atoms with Gasteiger partial charge in [-0.05, 0) is 74.4 Å². The molecule has 2 aromatic heterocycles. The number of thiocarbonyl (C=S) groups is 1. The van der Waals surface area contributed by atoms with E-state index in [9.17, 15) is 4.79 Å². The second-order valence-electron chi connectivity index (χ2n) is 9.83. The van der Waals surface area contributed by atoms with Crippen molar-refractivity contribution in [1.82, 2.24) is 24.7 Å². The predicted molar refractivity (Wildman–Crippen MR) is 151 cm³/mol. The molecule has 0 unspecified atom stereocenters. The average molecular weight is 534 g/mol. The Morgan fingerprint density at radius 2 is 1.95 bits per heavy atom. The van der Waals surface area contributed by atoms with Crippen molar-refractivity contribution < 1.29 is 14.3 Å². The minimum Gasteiger partial charge on any atom is -0.465 e. The maximum absolute atomic E-state index is 12.2. The first-order valence-corrected chi connectivity index (χ1v) is 13.5. The highest BCUT2D eigenvalue weighted by molar-refractivity contribution is 7.80. The highest BCUT2D eigenvalue weighted by Crippen LogP contribution is 2.41. The molecule has 4 heterocycles. The third-order valence-electron chi connectivity index (χ3n) is 7.49. The van der Waals surface area contributed by atoms with Gasteiger partial charge in [0.05, 0.1) is 43.7 Å². The first kappa shape index (κ1) is 26.3. The lowest BCUT2D eigenvalue weighted by Crippen LogP contribution is -2.39. The highest BCUT2D eigenvalue weighted by Gasteiger charge is 2.41. The second kappa shape index (κ2) is 11.6. The Morgan fingerprint density at radius 3 is 2.68 bits per heavy atom. The molecule has 0 amide bonds. The molecule has 5 rings (SSSR count). The van der Waals surface area contributed by atoms with Crippen molar-refractivity contribution >= 4 is 23.3 Å². The molecule has 2 aliphatic rings. The summed E-state index contributed by atoms with van der Waals surface area (Å²) in [4.78, 5) is 21.7. The zero-order chi connectivity index (χ0) is 26.6. The number of ether oxygens (including phenoxy) is 2.